The number of carbonyl (C=O) groups is 1. The molecule has 6 heteroatoms. The van der Waals surface area contributed by atoms with E-state index in [4.69, 9.17) is 14.7 Å². The molecule has 1 aliphatic rings. The molecule has 0 aromatic heterocycles. The molecule has 0 bridgehead atoms. The highest BCUT2D eigenvalue weighted by atomic mass is 16.5. The first-order valence-corrected chi connectivity index (χ1v) is 7.61. The van der Waals surface area contributed by atoms with Gasteiger partial charge >= 0.3 is 0 Å². The number of methoxy groups -OCH3 is 1. The van der Waals surface area contributed by atoms with Crippen molar-refractivity contribution in [3.8, 4) is 17.6 Å². The molecule has 124 valence electrons. The summed E-state index contributed by atoms with van der Waals surface area (Å²) in [6, 6.07) is 7.31. The summed E-state index contributed by atoms with van der Waals surface area (Å²) in [5.41, 5.74) is 0.489. The van der Waals surface area contributed by atoms with Gasteiger partial charge in [0, 0.05) is 25.2 Å². The summed E-state index contributed by atoms with van der Waals surface area (Å²) < 4.78 is 10.8. The second-order valence-corrected chi connectivity index (χ2v) is 6.07. The van der Waals surface area contributed by atoms with Gasteiger partial charge in [-0.15, -0.1) is 0 Å². The van der Waals surface area contributed by atoms with Crippen LogP contribution in [0.5, 0.6) is 11.5 Å². The van der Waals surface area contributed by atoms with Gasteiger partial charge in [0.15, 0.2) is 18.1 Å². The minimum Gasteiger partial charge on any atom is -0.493 e. The van der Waals surface area contributed by atoms with E-state index in [1.807, 2.05) is 25.1 Å². The topological polar surface area (TPSA) is 65.8 Å². The minimum absolute atomic E-state index is 0.0326. The fraction of sp³-hybridized carbons (Fsp3) is 0.529. The van der Waals surface area contributed by atoms with Crippen LogP contribution in [0.1, 0.15) is 12.5 Å². The largest absolute Gasteiger partial charge is 0.493 e. The first kappa shape index (κ1) is 17.1. The zero-order chi connectivity index (χ0) is 17.0. The van der Waals surface area contributed by atoms with Crippen LogP contribution < -0.4 is 9.47 Å². The highest BCUT2D eigenvalue weighted by Crippen LogP contribution is 2.28. The van der Waals surface area contributed by atoms with Gasteiger partial charge in [0.1, 0.15) is 0 Å². The standard InChI is InChI=1S/C17H23N3O3/c1-12-9-20(10-14(12)19(2)3)17(21)11-23-15-6-5-13(8-18)7-16(15)22-4/h5-7,12,14H,9-11H2,1-4H3/t12-,14-/m1/s1. The normalized spacial score (nSPS) is 20.4. The van der Waals surface area contributed by atoms with Gasteiger partial charge in [-0.25, -0.2) is 0 Å². The molecule has 2 rings (SSSR count). The molecule has 6 nitrogen and oxygen atoms in total. The third-order valence-corrected chi connectivity index (χ3v) is 4.23. The van der Waals surface area contributed by atoms with Gasteiger partial charge in [0.2, 0.25) is 0 Å². The van der Waals surface area contributed by atoms with Crippen molar-refractivity contribution in [3.63, 3.8) is 0 Å². The lowest BCUT2D eigenvalue weighted by molar-refractivity contribution is -0.132. The molecule has 1 fully saturated rings. The fourth-order valence-electron chi connectivity index (χ4n) is 2.91. The highest BCUT2D eigenvalue weighted by Gasteiger charge is 2.33. The Kier molecular flexibility index (Phi) is 5.45. The molecule has 0 N–H and O–H groups in total. The summed E-state index contributed by atoms with van der Waals surface area (Å²) in [6.45, 7) is 3.59. The van der Waals surface area contributed by atoms with Crippen LogP contribution in [0.15, 0.2) is 18.2 Å². The maximum Gasteiger partial charge on any atom is 0.260 e. The number of ether oxygens (including phenoxy) is 2. The molecular formula is C17H23N3O3. The number of nitrogens with zero attached hydrogens (tertiary/aromatic N) is 3. The Bertz CT molecular complexity index is 610. The maximum absolute atomic E-state index is 12.3. The summed E-state index contributed by atoms with van der Waals surface area (Å²) in [7, 11) is 5.58. The monoisotopic (exact) mass is 317 g/mol. The molecule has 1 aromatic carbocycles. The van der Waals surface area contributed by atoms with E-state index in [2.05, 4.69) is 11.8 Å². The number of rotatable bonds is 5. The van der Waals surface area contributed by atoms with E-state index in [1.54, 1.807) is 18.2 Å². The predicted molar refractivity (Wildman–Crippen MR) is 86.4 cm³/mol. The maximum atomic E-state index is 12.3. The summed E-state index contributed by atoms with van der Waals surface area (Å²) in [6.07, 6.45) is 0. The average Bonchev–Trinajstić information content (AvgIpc) is 2.94. The zero-order valence-corrected chi connectivity index (χ0v) is 14.1. The van der Waals surface area contributed by atoms with Gasteiger partial charge in [-0.2, -0.15) is 5.26 Å². The van der Waals surface area contributed by atoms with Crippen LogP contribution in [0.4, 0.5) is 0 Å². The third-order valence-electron chi connectivity index (χ3n) is 4.23. The first-order valence-electron chi connectivity index (χ1n) is 7.61. The molecule has 2 atom stereocenters. The Balaban J connectivity index is 1.96. The van der Waals surface area contributed by atoms with Gasteiger partial charge in [0.25, 0.3) is 5.91 Å². The second kappa shape index (κ2) is 7.34. The molecule has 1 heterocycles. The van der Waals surface area contributed by atoms with Crippen LogP contribution in [0, 0.1) is 17.2 Å². The van der Waals surface area contributed by atoms with E-state index in [-0.39, 0.29) is 12.5 Å². The molecule has 0 unspecified atom stereocenters. The van der Waals surface area contributed by atoms with E-state index >= 15 is 0 Å². The minimum atomic E-state index is -0.0346. The van der Waals surface area contributed by atoms with Gasteiger partial charge in [-0.05, 0) is 32.1 Å². The summed E-state index contributed by atoms with van der Waals surface area (Å²) >= 11 is 0. The Labute approximate surface area is 137 Å². The Morgan fingerprint density at radius 3 is 2.70 bits per heavy atom. The lowest BCUT2D eigenvalue weighted by Crippen LogP contribution is -2.37. The number of nitriles is 1. The number of amides is 1. The van der Waals surface area contributed by atoms with Crippen molar-refractivity contribution in [3.05, 3.63) is 23.8 Å². The van der Waals surface area contributed by atoms with Crippen LogP contribution in [0.2, 0.25) is 0 Å². The van der Waals surface area contributed by atoms with Crippen LogP contribution in [-0.2, 0) is 4.79 Å². The van der Waals surface area contributed by atoms with E-state index in [0.29, 0.717) is 29.0 Å². The fourth-order valence-corrected chi connectivity index (χ4v) is 2.91. The predicted octanol–water partition coefficient (Wildman–Crippen LogP) is 1.35. The number of likely N-dealkylation sites (tertiary alicyclic amines) is 1. The lowest BCUT2D eigenvalue weighted by atomic mass is 10.1. The highest BCUT2D eigenvalue weighted by molar-refractivity contribution is 5.78. The molecule has 0 aliphatic carbocycles. The SMILES string of the molecule is COc1cc(C#N)ccc1OCC(=O)N1C[C@@H](C)[C@H](N(C)C)C1. The molecule has 0 saturated carbocycles. The number of hydrogen-bond donors (Lipinski definition) is 0. The van der Waals surface area contributed by atoms with Crippen LogP contribution >= 0.6 is 0 Å². The number of benzene rings is 1. The van der Waals surface area contributed by atoms with E-state index < -0.39 is 0 Å². The van der Waals surface area contributed by atoms with Crippen molar-refractivity contribution in [1.29, 1.82) is 5.26 Å². The third kappa shape index (κ3) is 3.93. The van der Waals surface area contributed by atoms with Gasteiger partial charge < -0.3 is 19.3 Å². The van der Waals surface area contributed by atoms with Gasteiger partial charge in [0.05, 0.1) is 18.7 Å². The van der Waals surface area contributed by atoms with Crippen LogP contribution in [-0.4, -0.2) is 62.7 Å². The summed E-state index contributed by atoms with van der Waals surface area (Å²) in [5.74, 6) is 1.33. The molecule has 23 heavy (non-hydrogen) atoms. The Hall–Kier alpha value is -2.26. The number of likely N-dealkylation sites (N-methyl/N-ethyl adjacent to an activating group) is 1. The van der Waals surface area contributed by atoms with E-state index in [0.717, 1.165) is 13.1 Å². The Morgan fingerprint density at radius 1 is 1.39 bits per heavy atom. The van der Waals surface area contributed by atoms with Crippen molar-refractivity contribution in [1.82, 2.24) is 9.80 Å². The molecule has 0 spiro atoms. The van der Waals surface area contributed by atoms with Gasteiger partial charge in [-0.1, -0.05) is 6.92 Å². The lowest BCUT2D eigenvalue weighted by Gasteiger charge is -2.22. The molecule has 1 aromatic rings. The number of carbonyl (C=O) groups excluding carboxylic acids is 1. The van der Waals surface area contributed by atoms with Gasteiger partial charge in [-0.3, -0.25) is 4.79 Å². The zero-order valence-electron chi connectivity index (χ0n) is 14.1. The average molecular weight is 317 g/mol. The van der Waals surface area contributed by atoms with Crippen molar-refractivity contribution >= 4 is 5.91 Å². The number of hydrogen-bond acceptors (Lipinski definition) is 5. The van der Waals surface area contributed by atoms with Crippen molar-refractivity contribution in [2.75, 3.05) is 40.9 Å². The molecule has 0 radical (unpaired) electrons. The smallest absolute Gasteiger partial charge is 0.260 e. The van der Waals surface area contributed by atoms with E-state index in [9.17, 15) is 4.79 Å². The molecular weight excluding hydrogens is 294 g/mol. The molecule has 1 aliphatic heterocycles. The van der Waals surface area contributed by atoms with Crippen LogP contribution in [0.3, 0.4) is 0 Å². The Morgan fingerprint density at radius 2 is 2.13 bits per heavy atom. The molecule has 1 saturated heterocycles. The van der Waals surface area contributed by atoms with Crippen molar-refractivity contribution in [2.45, 2.75) is 13.0 Å². The van der Waals surface area contributed by atoms with Crippen molar-refractivity contribution in [2.24, 2.45) is 5.92 Å². The summed E-state index contributed by atoms with van der Waals surface area (Å²) in [4.78, 5) is 16.3. The first-order chi connectivity index (χ1) is 11.0. The quantitative estimate of drug-likeness (QED) is 0.820. The summed E-state index contributed by atoms with van der Waals surface area (Å²) in [5, 5.41) is 8.89. The van der Waals surface area contributed by atoms with Crippen LogP contribution in [0.25, 0.3) is 0 Å². The van der Waals surface area contributed by atoms with Crippen molar-refractivity contribution < 1.29 is 14.3 Å². The molecule has 1 amide bonds. The second-order valence-electron chi connectivity index (χ2n) is 6.07. The van der Waals surface area contributed by atoms with E-state index in [1.165, 1.54) is 7.11 Å².